The van der Waals surface area contributed by atoms with Gasteiger partial charge in [-0.05, 0) is 51.5 Å². The van der Waals surface area contributed by atoms with Gasteiger partial charge in [0.2, 0.25) is 15.9 Å². The number of hydrogen-bond donors (Lipinski definition) is 2. The van der Waals surface area contributed by atoms with E-state index in [1.54, 1.807) is 39.8 Å². The number of benzene rings is 1. The zero-order chi connectivity index (χ0) is 20.4. The Hall–Kier alpha value is -2.81. The number of aromatic nitrogens is 1. The molecule has 0 aliphatic carbocycles. The number of rotatable bonds is 5. The van der Waals surface area contributed by atoms with Crippen molar-refractivity contribution in [3.8, 4) is 17.9 Å². The largest absolute Gasteiger partial charge is 0.345 e. The van der Waals surface area contributed by atoms with Gasteiger partial charge in [-0.1, -0.05) is 5.92 Å². The third kappa shape index (κ3) is 4.48. The van der Waals surface area contributed by atoms with Crippen LogP contribution in [-0.4, -0.2) is 42.7 Å². The number of carbonyl (C=O) groups excluding carboxylic acids is 1. The maximum absolute atomic E-state index is 13.0. The summed E-state index contributed by atoms with van der Waals surface area (Å²) in [6.07, 6.45) is 0. The van der Waals surface area contributed by atoms with E-state index in [0.29, 0.717) is 10.9 Å². The van der Waals surface area contributed by atoms with E-state index in [9.17, 15) is 13.2 Å². The number of nitriles is 1. The summed E-state index contributed by atoms with van der Waals surface area (Å²) in [5.74, 6) is 5.13. The number of amides is 1. The number of nitrogens with zero attached hydrogens (tertiary/aromatic N) is 2. The number of aryl methyl sites for hydroxylation is 1. The molecule has 2 N–H and O–H groups in total. The first-order valence-electron chi connectivity index (χ1n) is 8.25. The van der Waals surface area contributed by atoms with Gasteiger partial charge < -0.3 is 10.3 Å². The van der Waals surface area contributed by atoms with Crippen LogP contribution in [-0.2, 0) is 14.8 Å². The molecule has 0 spiro atoms. The molecule has 0 fully saturated rings. The van der Waals surface area contributed by atoms with Crippen LogP contribution in [0.15, 0.2) is 23.1 Å². The molecule has 0 radical (unpaired) electrons. The molecule has 27 heavy (non-hydrogen) atoms. The second-order valence-corrected chi connectivity index (χ2v) is 8.84. The minimum absolute atomic E-state index is 0.0295. The summed E-state index contributed by atoms with van der Waals surface area (Å²) in [4.78, 5) is 15.1. The van der Waals surface area contributed by atoms with Gasteiger partial charge in [0.25, 0.3) is 0 Å². The first-order chi connectivity index (χ1) is 12.5. The van der Waals surface area contributed by atoms with Crippen LogP contribution in [0.2, 0.25) is 0 Å². The molecule has 7 nitrogen and oxygen atoms in total. The molecule has 8 heteroatoms. The van der Waals surface area contributed by atoms with Crippen molar-refractivity contribution >= 4 is 26.8 Å². The van der Waals surface area contributed by atoms with Gasteiger partial charge in [0.15, 0.2) is 0 Å². The van der Waals surface area contributed by atoms with E-state index in [4.69, 9.17) is 5.26 Å². The average molecular weight is 386 g/mol. The van der Waals surface area contributed by atoms with Crippen LogP contribution in [0.4, 0.5) is 0 Å². The SMILES string of the molecule is CC#CC(C)(C)NC(=O)CN(C)S(=O)(=O)c1cc(C)cc2cc(C#N)[nH]c12. The lowest BCUT2D eigenvalue weighted by atomic mass is 10.1. The smallest absolute Gasteiger partial charge is 0.245 e. The van der Waals surface area contributed by atoms with Gasteiger partial charge in [-0.15, -0.1) is 5.92 Å². The second-order valence-electron chi connectivity index (χ2n) is 6.83. The lowest BCUT2D eigenvalue weighted by Crippen LogP contribution is -2.47. The predicted molar refractivity (Wildman–Crippen MR) is 103 cm³/mol. The molecule has 0 bridgehead atoms. The number of aromatic amines is 1. The van der Waals surface area contributed by atoms with Gasteiger partial charge in [-0.2, -0.15) is 9.57 Å². The Kier molecular flexibility index (Phi) is 5.65. The van der Waals surface area contributed by atoms with Gasteiger partial charge in [0, 0.05) is 12.4 Å². The van der Waals surface area contributed by atoms with Crippen LogP contribution in [0.25, 0.3) is 10.9 Å². The van der Waals surface area contributed by atoms with Crippen molar-refractivity contribution < 1.29 is 13.2 Å². The van der Waals surface area contributed by atoms with Crippen LogP contribution < -0.4 is 5.32 Å². The van der Waals surface area contributed by atoms with Gasteiger partial charge in [0.1, 0.15) is 16.7 Å². The highest BCUT2D eigenvalue weighted by atomic mass is 32.2. The maximum atomic E-state index is 13.0. The fourth-order valence-electron chi connectivity index (χ4n) is 2.80. The molecule has 0 unspecified atom stereocenters. The highest BCUT2D eigenvalue weighted by molar-refractivity contribution is 7.89. The highest BCUT2D eigenvalue weighted by Gasteiger charge is 2.28. The van der Waals surface area contributed by atoms with Crippen molar-refractivity contribution in [2.45, 2.75) is 38.1 Å². The monoisotopic (exact) mass is 386 g/mol. The van der Waals surface area contributed by atoms with Crippen molar-refractivity contribution in [2.24, 2.45) is 0 Å². The minimum Gasteiger partial charge on any atom is -0.345 e. The van der Waals surface area contributed by atoms with Crippen molar-refractivity contribution in [1.29, 1.82) is 5.26 Å². The van der Waals surface area contributed by atoms with E-state index < -0.39 is 21.5 Å². The molecular weight excluding hydrogens is 364 g/mol. The lowest BCUT2D eigenvalue weighted by Gasteiger charge is -2.23. The van der Waals surface area contributed by atoms with Gasteiger partial charge in [0.05, 0.1) is 17.6 Å². The third-order valence-corrected chi connectivity index (χ3v) is 5.73. The number of nitrogens with one attached hydrogen (secondary N) is 2. The van der Waals surface area contributed by atoms with Crippen molar-refractivity contribution in [3.05, 3.63) is 29.5 Å². The number of carbonyl (C=O) groups is 1. The zero-order valence-corrected chi connectivity index (χ0v) is 16.8. The highest BCUT2D eigenvalue weighted by Crippen LogP contribution is 2.27. The summed E-state index contributed by atoms with van der Waals surface area (Å²) in [6.45, 7) is 6.57. The van der Waals surface area contributed by atoms with Crippen LogP contribution in [0, 0.1) is 30.1 Å². The Bertz CT molecular complexity index is 1100. The summed E-state index contributed by atoms with van der Waals surface area (Å²) < 4.78 is 27.1. The number of sulfonamides is 1. The zero-order valence-electron chi connectivity index (χ0n) is 16.0. The Morgan fingerprint density at radius 1 is 1.33 bits per heavy atom. The molecular formula is C19H22N4O3S. The lowest BCUT2D eigenvalue weighted by molar-refractivity contribution is -0.122. The Balaban J connectivity index is 2.36. The number of likely N-dealkylation sites (N-methyl/N-ethyl adjacent to an activating group) is 1. The van der Waals surface area contributed by atoms with Gasteiger partial charge >= 0.3 is 0 Å². The number of fused-ring (bicyclic) bond motifs is 1. The van der Waals surface area contributed by atoms with Crippen LogP contribution in [0.3, 0.4) is 0 Å². The minimum atomic E-state index is -3.95. The van der Waals surface area contributed by atoms with Crippen molar-refractivity contribution in [2.75, 3.05) is 13.6 Å². The molecule has 1 aromatic heterocycles. The van der Waals surface area contributed by atoms with E-state index in [1.165, 1.54) is 13.1 Å². The molecule has 2 rings (SSSR count). The first-order valence-corrected chi connectivity index (χ1v) is 9.69. The molecule has 0 aliphatic rings. The Morgan fingerprint density at radius 2 is 2.00 bits per heavy atom. The van der Waals surface area contributed by atoms with E-state index in [0.717, 1.165) is 9.87 Å². The number of hydrogen-bond acceptors (Lipinski definition) is 4. The van der Waals surface area contributed by atoms with Crippen molar-refractivity contribution in [1.82, 2.24) is 14.6 Å². The predicted octanol–water partition coefficient (Wildman–Crippen LogP) is 1.89. The summed E-state index contributed by atoms with van der Waals surface area (Å²) in [5, 5.41) is 12.4. The summed E-state index contributed by atoms with van der Waals surface area (Å²) in [5.41, 5.74) is 0.601. The van der Waals surface area contributed by atoms with E-state index in [1.807, 2.05) is 6.07 Å². The fourth-order valence-corrected chi connectivity index (χ4v) is 4.19. The molecule has 0 atom stereocenters. The molecule has 2 aromatic rings. The Labute approximate surface area is 159 Å². The van der Waals surface area contributed by atoms with E-state index in [-0.39, 0.29) is 17.1 Å². The molecule has 142 valence electrons. The molecule has 1 aromatic carbocycles. The quantitative estimate of drug-likeness (QED) is 0.765. The summed E-state index contributed by atoms with van der Waals surface area (Å²) in [6, 6.07) is 6.89. The third-order valence-electron chi connectivity index (χ3n) is 3.90. The topological polar surface area (TPSA) is 106 Å². The summed E-state index contributed by atoms with van der Waals surface area (Å²) >= 11 is 0. The Morgan fingerprint density at radius 3 is 2.59 bits per heavy atom. The fraction of sp³-hybridized carbons (Fsp3) is 0.368. The normalized spacial score (nSPS) is 11.7. The number of H-pyrrole nitrogens is 1. The summed E-state index contributed by atoms with van der Waals surface area (Å²) in [7, 11) is -2.61. The maximum Gasteiger partial charge on any atom is 0.245 e. The van der Waals surface area contributed by atoms with Crippen LogP contribution >= 0.6 is 0 Å². The van der Waals surface area contributed by atoms with E-state index >= 15 is 0 Å². The molecule has 1 amide bonds. The van der Waals surface area contributed by atoms with E-state index in [2.05, 4.69) is 22.1 Å². The van der Waals surface area contributed by atoms with Gasteiger partial charge in [-0.25, -0.2) is 8.42 Å². The molecule has 0 aliphatic heterocycles. The standard InChI is InChI=1S/C19H22N4O3S/c1-6-7-19(3,4)22-17(24)12-23(5)27(25,26)16-9-13(2)8-14-10-15(11-20)21-18(14)16/h8-10,21H,12H2,1-5H3,(H,22,24). The van der Waals surface area contributed by atoms with Crippen LogP contribution in [0.5, 0.6) is 0 Å². The second kappa shape index (κ2) is 7.43. The molecule has 1 heterocycles. The van der Waals surface area contributed by atoms with Crippen LogP contribution in [0.1, 0.15) is 32.0 Å². The average Bonchev–Trinajstić information content (AvgIpc) is 2.95. The van der Waals surface area contributed by atoms with Crippen molar-refractivity contribution in [3.63, 3.8) is 0 Å². The first kappa shape index (κ1) is 20.5. The molecule has 0 saturated heterocycles. The molecule has 0 saturated carbocycles. The van der Waals surface area contributed by atoms with Gasteiger partial charge in [-0.3, -0.25) is 4.79 Å².